The van der Waals surface area contributed by atoms with Crippen molar-refractivity contribution in [2.75, 3.05) is 0 Å². The van der Waals surface area contributed by atoms with E-state index in [0.29, 0.717) is 5.82 Å². The molecule has 0 aliphatic heterocycles. The molecule has 0 spiro atoms. The van der Waals surface area contributed by atoms with Crippen LogP contribution >= 0.6 is 0 Å². The van der Waals surface area contributed by atoms with Crippen LogP contribution in [0, 0.1) is 0 Å². The van der Waals surface area contributed by atoms with Crippen molar-refractivity contribution in [1.29, 1.82) is 0 Å². The van der Waals surface area contributed by atoms with Crippen LogP contribution in [0.2, 0.25) is 0 Å². The molecule has 0 atom stereocenters. The minimum Gasteiger partial charge on any atom is -0.456 e. The molecule has 0 radical (unpaired) electrons. The van der Waals surface area contributed by atoms with Crippen LogP contribution in [0.3, 0.4) is 0 Å². The van der Waals surface area contributed by atoms with E-state index in [1.165, 1.54) is 60.3 Å². The molecule has 316 valence electrons. The van der Waals surface area contributed by atoms with E-state index >= 15 is 0 Å². The summed E-state index contributed by atoms with van der Waals surface area (Å²) in [6, 6.07) is 84.5. The smallest absolute Gasteiger partial charge is 0.160 e. The molecule has 4 aromatic heterocycles. The average molecular weight is 866 g/mol. The van der Waals surface area contributed by atoms with Gasteiger partial charge in [0.2, 0.25) is 0 Å². The van der Waals surface area contributed by atoms with Crippen molar-refractivity contribution in [3.8, 4) is 78.4 Å². The minimum absolute atomic E-state index is 0.697. The fourth-order valence-electron chi connectivity index (χ4n) is 10.5. The highest BCUT2D eigenvalue weighted by Gasteiger charge is 2.20. The lowest BCUT2D eigenvalue weighted by Crippen LogP contribution is -1.96. The third-order valence-corrected chi connectivity index (χ3v) is 13.7. The summed E-state index contributed by atoms with van der Waals surface area (Å²) in [6.45, 7) is 0. The topological polar surface area (TPSA) is 43.3 Å². The van der Waals surface area contributed by atoms with E-state index in [-0.39, 0.29) is 0 Å². The van der Waals surface area contributed by atoms with Crippen LogP contribution in [-0.2, 0) is 0 Å². The molecule has 0 amide bonds. The van der Waals surface area contributed by atoms with E-state index in [0.717, 1.165) is 72.3 Å². The van der Waals surface area contributed by atoms with Gasteiger partial charge in [-0.25, -0.2) is 9.97 Å². The van der Waals surface area contributed by atoms with Gasteiger partial charge in [-0.15, -0.1) is 0 Å². The Bertz CT molecular complexity index is 4200. The highest BCUT2D eigenvalue weighted by molar-refractivity contribution is 6.24. The Balaban J connectivity index is 0.842. The summed E-state index contributed by atoms with van der Waals surface area (Å²) in [5.41, 5.74) is 19.6. The standard InChI is InChI=1S/C64H39N3O/c1-3-14-40(15-4-1)56-39-57(41-16-5-2-6-17-41)66-64(65-56)49-23-11-22-46(36-49)44-20-9-18-42(34-44)43-19-10-21-45(35-43)47-30-32-51-53-26-12-27-54-52-33-31-48(38-59(52)67(63(53)54)58(51)37-47)50-25-13-29-61-62(50)55-24-7-8-28-60(55)68-61/h1-39H. The zero-order valence-corrected chi connectivity index (χ0v) is 36.8. The highest BCUT2D eigenvalue weighted by atomic mass is 16.3. The number of furan rings is 1. The molecule has 0 unspecified atom stereocenters. The van der Waals surface area contributed by atoms with E-state index in [1.54, 1.807) is 0 Å². The summed E-state index contributed by atoms with van der Waals surface area (Å²) in [5, 5.41) is 7.34. The predicted molar refractivity (Wildman–Crippen MR) is 282 cm³/mol. The predicted octanol–water partition coefficient (Wildman–Crippen LogP) is 17.2. The SMILES string of the molecule is c1ccc(-c2cc(-c3ccccc3)nc(-c3cccc(-c4cccc(-c5cccc(-c6ccc7c8cccc9c%10ccc(-c%11cccc%12oc%13ccccc%13c%11%12)cc%10n(c7c6)c89)c5)c4)c3)n2)cc1. The second-order valence-corrected chi connectivity index (χ2v) is 17.7. The van der Waals surface area contributed by atoms with Crippen molar-refractivity contribution in [2.24, 2.45) is 0 Å². The normalized spacial score (nSPS) is 11.8. The van der Waals surface area contributed by atoms with Gasteiger partial charge in [-0.1, -0.05) is 188 Å². The van der Waals surface area contributed by atoms with Crippen LogP contribution in [0.15, 0.2) is 241 Å². The molecule has 0 fully saturated rings. The monoisotopic (exact) mass is 865 g/mol. The fourth-order valence-corrected chi connectivity index (χ4v) is 10.5. The van der Waals surface area contributed by atoms with Crippen LogP contribution in [0.1, 0.15) is 0 Å². The summed E-state index contributed by atoms with van der Waals surface area (Å²) in [5.74, 6) is 0.697. The zero-order valence-electron chi connectivity index (χ0n) is 36.8. The molecule has 0 saturated heterocycles. The quantitative estimate of drug-likeness (QED) is 0.160. The van der Waals surface area contributed by atoms with Crippen LogP contribution in [0.4, 0.5) is 0 Å². The molecule has 4 heteroatoms. The van der Waals surface area contributed by atoms with E-state index in [4.69, 9.17) is 14.4 Å². The lowest BCUT2D eigenvalue weighted by Gasteiger charge is -2.11. The Labute approximate surface area is 392 Å². The van der Waals surface area contributed by atoms with E-state index < -0.39 is 0 Å². The zero-order chi connectivity index (χ0) is 44.7. The van der Waals surface area contributed by atoms with Crippen molar-refractivity contribution in [3.63, 3.8) is 0 Å². The molecular weight excluding hydrogens is 827 g/mol. The Morgan fingerprint density at radius 3 is 1.35 bits per heavy atom. The lowest BCUT2D eigenvalue weighted by atomic mass is 9.95. The van der Waals surface area contributed by atoms with Gasteiger partial charge in [-0.3, -0.25) is 0 Å². The van der Waals surface area contributed by atoms with Gasteiger partial charge in [-0.2, -0.15) is 0 Å². The second-order valence-electron chi connectivity index (χ2n) is 17.7. The van der Waals surface area contributed by atoms with Crippen LogP contribution < -0.4 is 0 Å². The number of benzene rings is 10. The third kappa shape index (κ3) is 6.15. The number of para-hydroxylation sites is 2. The minimum atomic E-state index is 0.697. The Morgan fingerprint density at radius 2 is 0.735 bits per heavy atom. The highest BCUT2D eigenvalue weighted by Crippen LogP contribution is 2.43. The lowest BCUT2D eigenvalue weighted by molar-refractivity contribution is 0.669. The molecule has 0 bridgehead atoms. The summed E-state index contributed by atoms with van der Waals surface area (Å²) >= 11 is 0. The first-order chi connectivity index (χ1) is 33.7. The van der Waals surface area contributed by atoms with Crippen LogP contribution in [-0.4, -0.2) is 14.4 Å². The molecule has 0 saturated carbocycles. The van der Waals surface area contributed by atoms with Gasteiger partial charge in [0, 0.05) is 49.0 Å². The summed E-state index contributed by atoms with van der Waals surface area (Å²) in [4.78, 5) is 10.2. The molecule has 0 aliphatic carbocycles. The molecule has 4 nitrogen and oxygen atoms in total. The van der Waals surface area contributed by atoms with Gasteiger partial charge in [0.1, 0.15) is 11.2 Å². The largest absolute Gasteiger partial charge is 0.456 e. The molecule has 14 aromatic rings. The average Bonchev–Trinajstić information content (AvgIpc) is 4.08. The van der Waals surface area contributed by atoms with Crippen LogP contribution in [0.5, 0.6) is 0 Å². The Kier molecular flexibility index (Phi) is 8.55. The van der Waals surface area contributed by atoms with Gasteiger partial charge < -0.3 is 8.82 Å². The molecule has 4 heterocycles. The number of aromatic nitrogens is 3. The summed E-state index contributed by atoms with van der Waals surface area (Å²) in [6.07, 6.45) is 0. The van der Waals surface area contributed by atoms with Crippen molar-refractivity contribution in [3.05, 3.63) is 237 Å². The van der Waals surface area contributed by atoms with E-state index in [2.05, 4.69) is 223 Å². The van der Waals surface area contributed by atoms with E-state index in [1.807, 2.05) is 18.2 Å². The molecule has 14 rings (SSSR count). The maximum atomic E-state index is 6.31. The maximum absolute atomic E-state index is 6.31. The summed E-state index contributed by atoms with van der Waals surface area (Å²) < 4.78 is 8.80. The van der Waals surface area contributed by atoms with Crippen molar-refractivity contribution >= 4 is 60.0 Å². The third-order valence-electron chi connectivity index (χ3n) is 13.7. The van der Waals surface area contributed by atoms with Crippen LogP contribution in [0.25, 0.3) is 138 Å². The van der Waals surface area contributed by atoms with Crippen molar-refractivity contribution < 1.29 is 4.42 Å². The van der Waals surface area contributed by atoms with E-state index in [9.17, 15) is 0 Å². The van der Waals surface area contributed by atoms with Crippen molar-refractivity contribution in [2.45, 2.75) is 0 Å². The Hall–Kier alpha value is -9.12. The maximum Gasteiger partial charge on any atom is 0.160 e. The summed E-state index contributed by atoms with van der Waals surface area (Å²) in [7, 11) is 0. The molecule has 0 aliphatic rings. The van der Waals surface area contributed by atoms with Gasteiger partial charge in [0.15, 0.2) is 5.82 Å². The number of nitrogens with zero attached hydrogens (tertiary/aromatic N) is 3. The second kappa shape index (κ2) is 15.2. The van der Waals surface area contributed by atoms with Gasteiger partial charge >= 0.3 is 0 Å². The van der Waals surface area contributed by atoms with Gasteiger partial charge in [0.05, 0.1) is 27.9 Å². The number of hydrogen-bond donors (Lipinski definition) is 0. The first kappa shape index (κ1) is 38.2. The Morgan fingerprint density at radius 1 is 0.294 bits per heavy atom. The number of fused-ring (bicyclic) bond motifs is 9. The van der Waals surface area contributed by atoms with Gasteiger partial charge in [0.25, 0.3) is 0 Å². The molecule has 10 aromatic carbocycles. The number of rotatable bonds is 7. The first-order valence-electron chi connectivity index (χ1n) is 23.1. The molecule has 68 heavy (non-hydrogen) atoms. The first-order valence-corrected chi connectivity index (χ1v) is 23.1. The fraction of sp³-hybridized carbons (Fsp3) is 0. The molecular formula is C64H39N3O. The van der Waals surface area contributed by atoms with Crippen molar-refractivity contribution in [1.82, 2.24) is 14.4 Å². The van der Waals surface area contributed by atoms with Gasteiger partial charge in [-0.05, 0) is 93.0 Å². The number of hydrogen-bond acceptors (Lipinski definition) is 3. The molecule has 0 N–H and O–H groups in total.